The molecule has 0 rings (SSSR count). The molecule has 0 aliphatic carbocycles. The summed E-state index contributed by atoms with van der Waals surface area (Å²) in [6.07, 6.45) is 0.229. The van der Waals surface area contributed by atoms with Gasteiger partial charge >= 0.3 is 13.3 Å². The molecule has 0 bridgehead atoms. The normalized spacial score (nSPS) is 10.7. The molecule has 0 radical (unpaired) electrons. The molecule has 52 valence electrons. The fourth-order valence-electron chi connectivity index (χ4n) is 0.159. The van der Waals surface area contributed by atoms with Gasteiger partial charge in [-0.1, -0.05) is 6.92 Å². The Hall–Kier alpha value is -0.180. The van der Waals surface area contributed by atoms with Gasteiger partial charge in [0.2, 0.25) is 11.2 Å². The number of hydrogen-bond donors (Lipinski definition) is 1. The summed E-state index contributed by atoms with van der Waals surface area (Å²) in [5, 5.41) is 1.82. The van der Waals surface area contributed by atoms with Crippen molar-refractivity contribution in [2.45, 2.75) is 13.3 Å². The standard InChI is InChI=1S/C3H6ClNO3P/c1-2-3(6)8-5-9(4)7/h2H2,1H3,(H,5,7)/q+1. The van der Waals surface area contributed by atoms with Crippen LogP contribution in [0.5, 0.6) is 0 Å². The highest BCUT2D eigenvalue weighted by Crippen LogP contribution is 2.19. The molecule has 9 heavy (non-hydrogen) atoms. The summed E-state index contributed by atoms with van der Waals surface area (Å²) in [5.41, 5.74) is 0. The van der Waals surface area contributed by atoms with E-state index in [0.717, 1.165) is 0 Å². The van der Waals surface area contributed by atoms with Gasteiger partial charge in [0.25, 0.3) is 0 Å². The quantitative estimate of drug-likeness (QED) is 0.513. The van der Waals surface area contributed by atoms with Gasteiger partial charge in [-0.3, -0.25) is 4.79 Å². The summed E-state index contributed by atoms with van der Waals surface area (Å²) in [5.74, 6) is -0.487. The monoisotopic (exact) mass is 170 g/mol. The van der Waals surface area contributed by atoms with Gasteiger partial charge in [0, 0.05) is 6.42 Å². The van der Waals surface area contributed by atoms with Crippen molar-refractivity contribution in [3.8, 4) is 0 Å². The lowest BCUT2D eigenvalue weighted by Crippen LogP contribution is -2.10. The van der Waals surface area contributed by atoms with Gasteiger partial charge in [-0.2, -0.15) is 0 Å². The molecule has 0 aliphatic heterocycles. The lowest BCUT2D eigenvalue weighted by Gasteiger charge is -1.89. The second kappa shape index (κ2) is 4.68. The summed E-state index contributed by atoms with van der Waals surface area (Å²) in [7, 11) is -2.11. The van der Waals surface area contributed by atoms with Crippen LogP contribution < -0.4 is 5.25 Å². The molecular formula is C3H6ClNO3P+. The minimum Gasteiger partial charge on any atom is -0.327 e. The average molecular weight is 171 g/mol. The Morgan fingerprint density at radius 2 is 2.44 bits per heavy atom. The number of rotatable bonds is 3. The molecule has 0 aromatic heterocycles. The molecule has 1 N–H and O–H groups in total. The fraction of sp³-hybridized carbons (Fsp3) is 0.667. The van der Waals surface area contributed by atoms with Gasteiger partial charge in [-0.05, 0) is 4.57 Å². The first-order valence-electron chi connectivity index (χ1n) is 2.25. The Morgan fingerprint density at radius 3 is 2.78 bits per heavy atom. The first-order chi connectivity index (χ1) is 4.16. The van der Waals surface area contributed by atoms with Crippen molar-refractivity contribution in [1.29, 1.82) is 0 Å². The molecule has 0 aliphatic rings. The Bertz CT molecular complexity index is 128. The van der Waals surface area contributed by atoms with E-state index in [0.29, 0.717) is 0 Å². The largest absolute Gasteiger partial charge is 0.589 e. The van der Waals surface area contributed by atoms with Crippen LogP contribution >= 0.6 is 18.5 Å². The van der Waals surface area contributed by atoms with Crippen molar-refractivity contribution < 1.29 is 14.2 Å². The van der Waals surface area contributed by atoms with Crippen LogP contribution in [0.2, 0.25) is 0 Å². The van der Waals surface area contributed by atoms with Gasteiger partial charge in [0.1, 0.15) is 0 Å². The predicted molar refractivity (Wildman–Crippen MR) is 33.0 cm³/mol. The van der Waals surface area contributed by atoms with E-state index in [1.165, 1.54) is 0 Å². The maximum absolute atomic E-state index is 10.2. The van der Waals surface area contributed by atoms with E-state index >= 15 is 0 Å². The van der Waals surface area contributed by atoms with E-state index in [1.54, 1.807) is 6.92 Å². The van der Waals surface area contributed by atoms with Gasteiger partial charge in [-0.25, -0.2) is 0 Å². The van der Waals surface area contributed by atoms with Crippen LogP contribution in [0, 0.1) is 0 Å². The molecule has 0 spiro atoms. The van der Waals surface area contributed by atoms with E-state index in [4.69, 9.17) is 11.2 Å². The number of nitrogens with one attached hydrogen (secondary N) is 1. The van der Waals surface area contributed by atoms with Crippen LogP contribution in [0.3, 0.4) is 0 Å². The number of carbonyl (C=O) groups excluding carboxylic acids is 1. The Labute approximate surface area is 58.1 Å². The van der Waals surface area contributed by atoms with E-state index in [1.807, 2.05) is 5.25 Å². The summed E-state index contributed by atoms with van der Waals surface area (Å²) in [4.78, 5) is 14.4. The third-order valence-corrected chi connectivity index (χ3v) is 0.962. The summed E-state index contributed by atoms with van der Waals surface area (Å²) in [6.45, 7) is 1.62. The molecule has 1 unspecified atom stereocenters. The van der Waals surface area contributed by atoms with Crippen LogP contribution in [0.15, 0.2) is 0 Å². The van der Waals surface area contributed by atoms with Crippen molar-refractivity contribution in [3.63, 3.8) is 0 Å². The van der Waals surface area contributed by atoms with Crippen LogP contribution in [-0.2, 0) is 14.2 Å². The van der Waals surface area contributed by atoms with Gasteiger partial charge in [0.05, 0.1) is 5.25 Å². The summed E-state index contributed by atoms with van der Waals surface area (Å²) >= 11 is 4.90. The SMILES string of the molecule is CCC(=O)ON[P+](=O)Cl. The third-order valence-electron chi connectivity index (χ3n) is 0.520. The molecule has 0 heterocycles. The van der Waals surface area contributed by atoms with Crippen LogP contribution in [0.4, 0.5) is 0 Å². The maximum atomic E-state index is 10.2. The lowest BCUT2D eigenvalue weighted by molar-refractivity contribution is -0.146. The van der Waals surface area contributed by atoms with Gasteiger partial charge < -0.3 is 4.84 Å². The summed E-state index contributed by atoms with van der Waals surface area (Å²) < 4.78 is 9.99. The highest BCUT2D eigenvalue weighted by atomic mass is 35.7. The van der Waals surface area contributed by atoms with Gasteiger partial charge in [0.15, 0.2) is 0 Å². The average Bonchev–Trinajstić information content (AvgIpc) is 1.83. The minimum atomic E-state index is -2.11. The van der Waals surface area contributed by atoms with Crippen LogP contribution in [-0.4, -0.2) is 5.97 Å². The first-order valence-corrected chi connectivity index (χ1v) is 4.41. The van der Waals surface area contributed by atoms with Crippen molar-refractivity contribution in [1.82, 2.24) is 5.25 Å². The molecule has 0 aromatic rings. The second-order valence-corrected chi connectivity index (χ2v) is 2.76. The number of hydrogen-bond acceptors (Lipinski definition) is 3. The first kappa shape index (κ1) is 8.82. The zero-order valence-electron chi connectivity index (χ0n) is 4.76. The van der Waals surface area contributed by atoms with Crippen LogP contribution in [0.1, 0.15) is 13.3 Å². The molecule has 0 amide bonds. The van der Waals surface area contributed by atoms with Crippen molar-refractivity contribution in [2.75, 3.05) is 0 Å². The Morgan fingerprint density at radius 1 is 1.89 bits per heavy atom. The molecule has 0 aromatic carbocycles. The maximum Gasteiger partial charge on any atom is 0.589 e. The Kier molecular flexibility index (Phi) is 4.58. The predicted octanol–water partition coefficient (Wildman–Crippen LogP) is 1.34. The molecule has 1 atom stereocenters. The van der Waals surface area contributed by atoms with Gasteiger partial charge in [-0.15, -0.1) is 0 Å². The molecule has 4 nitrogen and oxygen atoms in total. The molecular weight excluding hydrogens is 164 g/mol. The molecule has 6 heteroatoms. The smallest absolute Gasteiger partial charge is 0.327 e. The van der Waals surface area contributed by atoms with Crippen molar-refractivity contribution in [3.05, 3.63) is 0 Å². The second-order valence-electron chi connectivity index (χ2n) is 1.16. The highest BCUT2D eigenvalue weighted by molar-refractivity contribution is 7.71. The lowest BCUT2D eigenvalue weighted by atomic mass is 10.5. The molecule has 0 saturated carbocycles. The van der Waals surface area contributed by atoms with E-state index in [9.17, 15) is 9.36 Å². The van der Waals surface area contributed by atoms with E-state index in [-0.39, 0.29) is 6.42 Å². The van der Waals surface area contributed by atoms with Crippen LogP contribution in [0.25, 0.3) is 0 Å². The zero-order chi connectivity index (χ0) is 7.28. The van der Waals surface area contributed by atoms with Crippen molar-refractivity contribution >= 4 is 24.5 Å². The number of carbonyl (C=O) groups is 1. The minimum absolute atomic E-state index is 0.229. The fourth-order valence-corrected chi connectivity index (χ4v) is 0.436. The molecule has 0 saturated heterocycles. The zero-order valence-corrected chi connectivity index (χ0v) is 6.41. The topological polar surface area (TPSA) is 55.4 Å². The van der Waals surface area contributed by atoms with E-state index in [2.05, 4.69) is 4.84 Å². The van der Waals surface area contributed by atoms with Crippen molar-refractivity contribution in [2.24, 2.45) is 0 Å². The molecule has 0 fully saturated rings. The third kappa shape index (κ3) is 5.69. The highest BCUT2D eigenvalue weighted by Gasteiger charge is 2.12. The Balaban J connectivity index is 3.28. The summed E-state index contributed by atoms with van der Waals surface area (Å²) in [6, 6.07) is 0. The van der Waals surface area contributed by atoms with E-state index < -0.39 is 13.3 Å². The number of halogens is 1.